The standard InChI is InChI=1S/C22H19NO3S2/c24-20(25)14-26-18-10-4-9-17-16(18)11-12-19-21(17)23-22(28-19)27-13-5-8-15-6-2-1-3-7-15/h1-10H,11-14H2,(H,24,25). The lowest BCUT2D eigenvalue weighted by Gasteiger charge is -2.18. The highest BCUT2D eigenvalue weighted by atomic mass is 32.2. The second kappa shape index (κ2) is 8.63. The number of thiazole rings is 1. The predicted molar refractivity (Wildman–Crippen MR) is 114 cm³/mol. The van der Waals surface area contributed by atoms with Gasteiger partial charge in [0.25, 0.3) is 0 Å². The molecule has 0 radical (unpaired) electrons. The largest absolute Gasteiger partial charge is 0.482 e. The number of nitrogens with zero attached hydrogens (tertiary/aromatic N) is 1. The zero-order chi connectivity index (χ0) is 19.3. The van der Waals surface area contributed by atoms with E-state index in [1.165, 1.54) is 10.4 Å². The van der Waals surface area contributed by atoms with Crippen molar-refractivity contribution < 1.29 is 14.6 Å². The van der Waals surface area contributed by atoms with Gasteiger partial charge in [-0.15, -0.1) is 11.3 Å². The molecular weight excluding hydrogens is 390 g/mol. The Bertz CT molecular complexity index is 1010. The topological polar surface area (TPSA) is 59.4 Å². The van der Waals surface area contributed by atoms with Crippen LogP contribution in [0.4, 0.5) is 0 Å². The molecule has 0 fully saturated rings. The van der Waals surface area contributed by atoms with Crippen LogP contribution in [-0.4, -0.2) is 28.4 Å². The number of thioether (sulfide) groups is 1. The van der Waals surface area contributed by atoms with Gasteiger partial charge in [-0.2, -0.15) is 0 Å². The molecule has 1 heterocycles. The number of aryl methyl sites for hydroxylation is 1. The number of hydrogen-bond donors (Lipinski definition) is 1. The SMILES string of the molecule is O=C(O)COc1cccc2c1CCc1sc(SCC=Cc3ccccc3)nc1-2. The van der Waals surface area contributed by atoms with E-state index in [9.17, 15) is 4.79 Å². The molecule has 0 saturated heterocycles. The molecule has 0 saturated carbocycles. The summed E-state index contributed by atoms with van der Waals surface area (Å²) in [5, 5.41) is 8.87. The van der Waals surface area contributed by atoms with Gasteiger partial charge in [0.15, 0.2) is 10.9 Å². The molecule has 6 heteroatoms. The first kappa shape index (κ1) is 18.8. The molecule has 28 heavy (non-hydrogen) atoms. The molecule has 1 aliphatic carbocycles. The van der Waals surface area contributed by atoms with Crippen LogP contribution in [0.15, 0.2) is 58.9 Å². The Morgan fingerprint density at radius 3 is 2.86 bits per heavy atom. The molecule has 1 N–H and O–H groups in total. The van der Waals surface area contributed by atoms with Crippen molar-refractivity contribution in [1.29, 1.82) is 0 Å². The first-order valence-corrected chi connectivity index (χ1v) is 10.8. The summed E-state index contributed by atoms with van der Waals surface area (Å²) in [5.41, 5.74) is 4.33. The summed E-state index contributed by atoms with van der Waals surface area (Å²) in [5.74, 6) is 0.555. The van der Waals surface area contributed by atoms with Crippen LogP contribution < -0.4 is 4.74 Å². The second-order valence-electron chi connectivity index (χ2n) is 6.34. The average Bonchev–Trinajstić information content (AvgIpc) is 3.14. The first-order chi connectivity index (χ1) is 13.7. The lowest BCUT2D eigenvalue weighted by molar-refractivity contribution is -0.139. The van der Waals surface area contributed by atoms with Gasteiger partial charge in [-0.25, -0.2) is 9.78 Å². The zero-order valence-corrected chi connectivity index (χ0v) is 16.8. The monoisotopic (exact) mass is 409 g/mol. The van der Waals surface area contributed by atoms with Gasteiger partial charge in [0, 0.05) is 21.8 Å². The number of rotatable bonds is 7. The smallest absolute Gasteiger partial charge is 0.341 e. The molecule has 0 spiro atoms. The number of hydrogen-bond acceptors (Lipinski definition) is 5. The lowest BCUT2D eigenvalue weighted by Crippen LogP contribution is -2.12. The molecule has 0 atom stereocenters. The fourth-order valence-electron chi connectivity index (χ4n) is 3.20. The molecule has 3 aromatic rings. The minimum atomic E-state index is -0.968. The lowest BCUT2D eigenvalue weighted by atomic mass is 9.93. The van der Waals surface area contributed by atoms with Crippen molar-refractivity contribution in [2.45, 2.75) is 17.2 Å². The van der Waals surface area contributed by atoms with Crippen molar-refractivity contribution in [3.8, 4) is 17.0 Å². The minimum absolute atomic E-state index is 0.324. The van der Waals surface area contributed by atoms with Gasteiger partial charge >= 0.3 is 5.97 Å². The van der Waals surface area contributed by atoms with E-state index in [4.69, 9.17) is 14.8 Å². The van der Waals surface area contributed by atoms with E-state index in [0.717, 1.165) is 39.8 Å². The maximum Gasteiger partial charge on any atom is 0.341 e. The van der Waals surface area contributed by atoms with Crippen molar-refractivity contribution in [3.05, 3.63) is 70.6 Å². The summed E-state index contributed by atoms with van der Waals surface area (Å²) in [6.45, 7) is -0.324. The summed E-state index contributed by atoms with van der Waals surface area (Å²) in [6, 6.07) is 16.0. The van der Waals surface area contributed by atoms with Gasteiger partial charge in [-0.3, -0.25) is 0 Å². The number of carboxylic acid groups (broad SMARTS) is 1. The summed E-state index contributed by atoms with van der Waals surface area (Å²) in [4.78, 5) is 17.0. The Kier molecular flexibility index (Phi) is 5.78. The highest BCUT2D eigenvalue weighted by Crippen LogP contribution is 2.42. The molecular formula is C22H19NO3S2. The average molecular weight is 410 g/mol. The fraction of sp³-hybridized carbons (Fsp3) is 0.182. The summed E-state index contributed by atoms with van der Waals surface area (Å²) in [7, 11) is 0. The van der Waals surface area contributed by atoms with Crippen LogP contribution in [0, 0.1) is 0 Å². The molecule has 1 aromatic heterocycles. The fourth-order valence-corrected chi connectivity index (χ4v) is 5.23. The number of aromatic nitrogens is 1. The van der Waals surface area contributed by atoms with Crippen LogP contribution in [-0.2, 0) is 17.6 Å². The molecule has 142 valence electrons. The molecule has 4 rings (SSSR count). The Labute approximate surface area is 171 Å². The van der Waals surface area contributed by atoms with Gasteiger partial charge < -0.3 is 9.84 Å². The van der Waals surface area contributed by atoms with Crippen molar-refractivity contribution in [3.63, 3.8) is 0 Å². The van der Waals surface area contributed by atoms with E-state index in [0.29, 0.717) is 5.75 Å². The van der Waals surface area contributed by atoms with Crippen LogP contribution in [0.25, 0.3) is 17.3 Å². The van der Waals surface area contributed by atoms with Crippen LogP contribution in [0.5, 0.6) is 5.75 Å². The number of ether oxygens (including phenoxy) is 1. The van der Waals surface area contributed by atoms with Gasteiger partial charge in [0.05, 0.1) is 5.69 Å². The molecule has 0 amide bonds. The van der Waals surface area contributed by atoms with Crippen LogP contribution >= 0.6 is 23.1 Å². The summed E-state index contributed by atoms with van der Waals surface area (Å²) >= 11 is 3.49. The van der Waals surface area contributed by atoms with E-state index in [1.807, 2.05) is 36.4 Å². The highest BCUT2D eigenvalue weighted by Gasteiger charge is 2.23. The van der Waals surface area contributed by atoms with E-state index in [2.05, 4.69) is 24.3 Å². The molecule has 0 aliphatic heterocycles. The first-order valence-electron chi connectivity index (χ1n) is 9.01. The summed E-state index contributed by atoms with van der Waals surface area (Å²) in [6.07, 6.45) is 6.04. The van der Waals surface area contributed by atoms with Crippen molar-refractivity contribution in [2.75, 3.05) is 12.4 Å². The Hall–Kier alpha value is -2.57. The predicted octanol–water partition coefficient (Wildman–Crippen LogP) is 5.18. The van der Waals surface area contributed by atoms with E-state index >= 15 is 0 Å². The van der Waals surface area contributed by atoms with Gasteiger partial charge in [0.1, 0.15) is 5.75 Å². The Morgan fingerprint density at radius 2 is 2.04 bits per heavy atom. The number of benzene rings is 2. The van der Waals surface area contributed by atoms with Gasteiger partial charge in [-0.1, -0.05) is 66.4 Å². The van der Waals surface area contributed by atoms with Gasteiger partial charge in [-0.05, 0) is 24.5 Å². The van der Waals surface area contributed by atoms with Crippen molar-refractivity contribution >= 4 is 35.1 Å². The molecule has 0 bridgehead atoms. The quantitative estimate of drug-likeness (QED) is 0.545. The van der Waals surface area contributed by atoms with Crippen molar-refractivity contribution in [1.82, 2.24) is 4.98 Å². The number of carbonyl (C=O) groups is 1. The van der Waals surface area contributed by atoms with E-state index in [-0.39, 0.29) is 6.61 Å². The number of carboxylic acids is 1. The summed E-state index contributed by atoms with van der Waals surface area (Å²) < 4.78 is 6.53. The zero-order valence-electron chi connectivity index (χ0n) is 15.1. The third-order valence-electron chi connectivity index (χ3n) is 4.43. The molecule has 4 nitrogen and oxygen atoms in total. The molecule has 0 unspecified atom stereocenters. The highest BCUT2D eigenvalue weighted by molar-refractivity contribution is 8.01. The molecule has 1 aliphatic rings. The normalized spacial score (nSPS) is 12.6. The Morgan fingerprint density at radius 1 is 1.18 bits per heavy atom. The van der Waals surface area contributed by atoms with Crippen LogP contribution in [0.3, 0.4) is 0 Å². The van der Waals surface area contributed by atoms with Crippen molar-refractivity contribution in [2.24, 2.45) is 0 Å². The number of fused-ring (bicyclic) bond motifs is 3. The van der Waals surface area contributed by atoms with E-state index in [1.54, 1.807) is 23.1 Å². The number of aliphatic carboxylic acids is 1. The van der Waals surface area contributed by atoms with E-state index < -0.39 is 5.97 Å². The minimum Gasteiger partial charge on any atom is -0.482 e. The molecule has 2 aromatic carbocycles. The Balaban J connectivity index is 1.48. The van der Waals surface area contributed by atoms with Crippen LogP contribution in [0.1, 0.15) is 16.0 Å². The van der Waals surface area contributed by atoms with Gasteiger partial charge in [0.2, 0.25) is 0 Å². The third-order valence-corrected chi connectivity index (χ3v) is 6.64. The van der Waals surface area contributed by atoms with Crippen LogP contribution in [0.2, 0.25) is 0 Å². The maximum absolute atomic E-state index is 10.8. The second-order valence-corrected chi connectivity index (χ2v) is 8.69. The third kappa shape index (κ3) is 4.29. The maximum atomic E-state index is 10.8.